The van der Waals surface area contributed by atoms with Crippen LogP contribution in [0.1, 0.15) is 51.8 Å². The summed E-state index contributed by atoms with van der Waals surface area (Å²) in [6.07, 6.45) is 2.30. The van der Waals surface area contributed by atoms with Gasteiger partial charge in [-0.15, -0.1) is 11.3 Å². The van der Waals surface area contributed by atoms with E-state index in [2.05, 4.69) is 0 Å². The molecule has 1 aromatic carbocycles. The Balaban J connectivity index is 1.70. The number of ketones is 1. The largest absolute Gasteiger partial charge is 0.497 e. The van der Waals surface area contributed by atoms with Gasteiger partial charge in [0.15, 0.2) is 5.78 Å². The first-order valence-corrected chi connectivity index (χ1v) is 9.96. The predicted octanol–water partition coefficient (Wildman–Crippen LogP) is 4.40. The lowest BCUT2D eigenvalue weighted by Gasteiger charge is -2.26. The highest BCUT2D eigenvalue weighted by atomic mass is 32.1. The maximum atomic E-state index is 12.8. The Morgan fingerprint density at radius 3 is 2.63 bits per heavy atom. The topological polar surface area (TPSA) is 55.8 Å². The highest BCUT2D eigenvalue weighted by Gasteiger charge is 2.32. The van der Waals surface area contributed by atoms with Gasteiger partial charge in [-0.1, -0.05) is 0 Å². The van der Waals surface area contributed by atoms with Crippen LogP contribution in [0.4, 0.5) is 0 Å². The molecule has 0 aliphatic carbocycles. The number of ether oxygens (including phenoxy) is 2. The molecule has 0 spiro atoms. The quantitative estimate of drug-likeness (QED) is 0.661. The summed E-state index contributed by atoms with van der Waals surface area (Å²) >= 11 is 1.48. The van der Waals surface area contributed by atoms with Crippen molar-refractivity contribution < 1.29 is 19.1 Å². The molecule has 1 saturated heterocycles. The van der Waals surface area contributed by atoms with E-state index < -0.39 is 0 Å². The summed E-state index contributed by atoms with van der Waals surface area (Å²) in [5, 5.41) is 0. The number of methoxy groups -OCH3 is 2. The van der Waals surface area contributed by atoms with Gasteiger partial charge >= 0.3 is 0 Å². The van der Waals surface area contributed by atoms with Crippen LogP contribution >= 0.6 is 11.3 Å². The monoisotopic (exact) mass is 387 g/mol. The Kier molecular flexibility index (Phi) is 6.16. The van der Waals surface area contributed by atoms with E-state index in [9.17, 15) is 9.59 Å². The molecule has 0 bridgehead atoms. The number of Topliss-reactive ketones (excluding diaryl/α,β-unsaturated/α-hetero) is 1. The van der Waals surface area contributed by atoms with Crippen molar-refractivity contribution in [3.05, 3.63) is 45.6 Å². The molecule has 1 aliphatic rings. The lowest BCUT2D eigenvalue weighted by molar-refractivity contribution is -0.132. The first kappa shape index (κ1) is 19.4. The molecule has 1 amide bonds. The summed E-state index contributed by atoms with van der Waals surface area (Å²) in [7, 11) is 3.26. The summed E-state index contributed by atoms with van der Waals surface area (Å²) in [4.78, 5) is 28.9. The summed E-state index contributed by atoms with van der Waals surface area (Å²) in [5.74, 6) is 1.55. The number of amides is 1. The Morgan fingerprint density at radius 1 is 1.15 bits per heavy atom. The smallest absolute Gasteiger partial charge is 0.223 e. The molecule has 1 aliphatic heterocycles. The zero-order valence-electron chi connectivity index (χ0n) is 16.0. The molecule has 1 aromatic heterocycles. The SMILES string of the molecule is COc1ccc(OC)c(C2CCCN2C(=O)CCC(=O)c2ccc(C)s2)c1. The van der Waals surface area contributed by atoms with Crippen LogP contribution in [0.3, 0.4) is 0 Å². The highest BCUT2D eigenvalue weighted by molar-refractivity contribution is 7.14. The van der Waals surface area contributed by atoms with Gasteiger partial charge in [-0.05, 0) is 50.1 Å². The van der Waals surface area contributed by atoms with E-state index in [0.29, 0.717) is 6.54 Å². The number of aryl methyl sites for hydroxylation is 1. The number of likely N-dealkylation sites (tertiary alicyclic amines) is 1. The lowest BCUT2D eigenvalue weighted by Crippen LogP contribution is -2.31. The number of benzene rings is 1. The van der Waals surface area contributed by atoms with Crippen LogP contribution in [0.25, 0.3) is 0 Å². The van der Waals surface area contributed by atoms with Gasteiger partial charge in [-0.25, -0.2) is 0 Å². The van der Waals surface area contributed by atoms with E-state index >= 15 is 0 Å². The number of rotatable bonds is 7. The van der Waals surface area contributed by atoms with E-state index in [1.54, 1.807) is 14.2 Å². The molecule has 2 aromatic rings. The highest BCUT2D eigenvalue weighted by Crippen LogP contribution is 2.39. The fourth-order valence-electron chi connectivity index (χ4n) is 3.56. The molecule has 1 atom stereocenters. The number of nitrogens with zero attached hydrogens (tertiary/aromatic N) is 1. The van der Waals surface area contributed by atoms with Crippen LogP contribution in [0.2, 0.25) is 0 Å². The molecule has 5 nitrogen and oxygen atoms in total. The first-order valence-electron chi connectivity index (χ1n) is 9.14. The van der Waals surface area contributed by atoms with Crippen LogP contribution in [-0.4, -0.2) is 37.4 Å². The predicted molar refractivity (Wildman–Crippen MR) is 106 cm³/mol. The zero-order valence-corrected chi connectivity index (χ0v) is 16.8. The van der Waals surface area contributed by atoms with Crippen molar-refractivity contribution in [1.29, 1.82) is 0 Å². The van der Waals surface area contributed by atoms with Crippen LogP contribution < -0.4 is 9.47 Å². The van der Waals surface area contributed by atoms with Gasteiger partial charge in [0.05, 0.1) is 25.1 Å². The normalized spacial score (nSPS) is 16.4. The van der Waals surface area contributed by atoms with Crippen LogP contribution in [0.5, 0.6) is 11.5 Å². The Morgan fingerprint density at radius 2 is 1.96 bits per heavy atom. The molecule has 144 valence electrons. The molecule has 0 N–H and O–H groups in total. The lowest BCUT2D eigenvalue weighted by atomic mass is 10.0. The van der Waals surface area contributed by atoms with E-state index in [-0.39, 0.29) is 30.6 Å². The van der Waals surface area contributed by atoms with Crippen molar-refractivity contribution in [3.63, 3.8) is 0 Å². The second kappa shape index (κ2) is 8.57. The molecule has 1 fully saturated rings. The van der Waals surface area contributed by atoms with Crippen LogP contribution in [0.15, 0.2) is 30.3 Å². The number of hydrogen-bond donors (Lipinski definition) is 0. The zero-order chi connectivity index (χ0) is 19.4. The summed E-state index contributed by atoms with van der Waals surface area (Å²) in [6, 6.07) is 9.40. The average Bonchev–Trinajstić information content (AvgIpc) is 3.34. The second-order valence-electron chi connectivity index (χ2n) is 6.69. The minimum Gasteiger partial charge on any atom is -0.497 e. The minimum absolute atomic E-state index is 0.0176. The molecular weight excluding hydrogens is 362 g/mol. The Labute approximate surface area is 163 Å². The summed E-state index contributed by atoms with van der Waals surface area (Å²) in [5.41, 5.74) is 0.961. The van der Waals surface area contributed by atoms with E-state index in [1.165, 1.54) is 11.3 Å². The number of carbonyl (C=O) groups is 2. The average molecular weight is 388 g/mol. The molecule has 0 radical (unpaired) electrons. The van der Waals surface area contributed by atoms with E-state index in [4.69, 9.17) is 9.47 Å². The van der Waals surface area contributed by atoms with Gasteiger partial charge < -0.3 is 14.4 Å². The molecule has 2 heterocycles. The Bertz CT molecular complexity index is 829. The van der Waals surface area contributed by atoms with Crippen LogP contribution in [0, 0.1) is 6.92 Å². The van der Waals surface area contributed by atoms with Crippen molar-refractivity contribution in [2.24, 2.45) is 0 Å². The fraction of sp³-hybridized carbons (Fsp3) is 0.429. The van der Waals surface area contributed by atoms with Crippen molar-refractivity contribution >= 4 is 23.0 Å². The Hall–Kier alpha value is -2.34. The first-order chi connectivity index (χ1) is 13.0. The van der Waals surface area contributed by atoms with E-state index in [0.717, 1.165) is 39.7 Å². The third kappa shape index (κ3) is 4.33. The van der Waals surface area contributed by atoms with Crippen molar-refractivity contribution in [3.8, 4) is 11.5 Å². The molecule has 1 unspecified atom stereocenters. The maximum Gasteiger partial charge on any atom is 0.223 e. The van der Waals surface area contributed by atoms with Crippen molar-refractivity contribution in [2.75, 3.05) is 20.8 Å². The van der Waals surface area contributed by atoms with Crippen LogP contribution in [-0.2, 0) is 4.79 Å². The third-order valence-electron chi connectivity index (χ3n) is 4.95. The van der Waals surface area contributed by atoms with Gasteiger partial charge in [0.1, 0.15) is 11.5 Å². The molecule has 6 heteroatoms. The maximum absolute atomic E-state index is 12.8. The minimum atomic E-state index is -0.0402. The van der Waals surface area contributed by atoms with Crippen molar-refractivity contribution in [1.82, 2.24) is 4.90 Å². The fourth-order valence-corrected chi connectivity index (χ4v) is 4.39. The van der Waals surface area contributed by atoms with Gasteiger partial charge in [0.25, 0.3) is 0 Å². The van der Waals surface area contributed by atoms with Gasteiger partial charge in [-0.2, -0.15) is 0 Å². The van der Waals surface area contributed by atoms with E-state index in [1.807, 2.05) is 42.2 Å². The summed E-state index contributed by atoms with van der Waals surface area (Å²) < 4.78 is 10.8. The number of hydrogen-bond acceptors (Lipinski definition) is 5. The van der Waals surface area contributed by atoms with Gasteiger partial charge in [0.2, 0.25) is 5.91 Å². The number of thiophene rings is 1. The summed E-state index contributed by atoms with van der Waals surface area (Å²) in [6.45, 7) is 2.68. The second-order valence-corrected chi connectivity index (χ2v) is 7.97. The molecular formula is C21H25NO4S. The molecule has 3 rings (SSSR count). The third-order valence-corrected chi connectivity index (χ3v) is 5.99. The molecule has 0 saturated carbocycles. The molecule has 27 heavy (non-hydrogen) atoms. The van der Waals surface area contributed by atoms with Crippen molar-refractivity contribution in [2.45, 2.75) is 38.6 Å². The number of carbonyl (C=O) groups excluding carboxylic acids is 2. The van der Waals surface area contributed by atoms with Gasteiger partial charge in [-0.3, -0.25) is 9.59 Å². The standard InChI is InChI=1S/C21H25NO4S/c1-14-6-10-20(27-14)18(23)8-11-21(24)22-12-4-5-17(22)16-13-15(25-2)7-9-19(16)26-3/h6-7,9-10,13,17H,4-5,8,11-12H2,1-3H3. The van der Waals surface area contributed by atoms with Gasteiger partial charge in [0, 0.05) is 29.8 Å².